The SMILES string of the molecule is CCO.CCOC(=O)/C=C/c1cc(C(=O)N[C@@H](C)/C=C/c2cnc(Oc3ccc(OCC4CC4)cc3Cl)s2)ccn1.C[C@@H](/C=C/c1cnc(Oc2ccc(OCC3CC3)cc2Cl)s1)NC(=O)c1ccnc(/C=C/C(=O)O)c1. The maximum Gasteiger partial charge on any atom is 0.330 e. The Kier molecular flexibility index (Phi) is 23.2. The zero-order chi connectivity index (χ0) is 55.1. The van der Waals surface area contributed by atoms with Gasteiger partial charge in [0.05, 0.1) is 51.0 Å². The molecule has 0 radical (unpaired) electrons. The number of hydrogen-bond acceptors (Lipinski definition) is 16. The van der Waals surface area contributed by atoms with E-state index in [0.29, 0.717) is 79.5 Å². The number of aliphatic hydroxyl groups excluding tert-OH is 1. The van der Waals surface area contributed by atoms with Gasteiger partial charge < -0.3 is 44.5 Å². The molecule has 17 nitrogen and oxygen atoms in total. The van der Waals surface area contributed by atoms with Gasteiger partial charge in [0, 0.05) is 78.9 Å². The van der Waals surface area contributed by atoms with Crippen molar-refractivity contribution >= 4 is 93.9 Å². The number of amides is 2. The Hall–Kier alpha value is -7.42. The second-order valence-corrected chi connectivity index (χ2v) is 20.1. The van der Waals surface area contributed by atoms with E-state index in [9.17, 15) is 19.2 Å². The lowest BCUT2D eigenvalue weighted by atomic mass is 10.2. The molecule has 6 aromatic rings. The fourth-order valence-electron chi connectivity index (χ4n) is 6.30. The topological polar surface area (TPSA) is 231 Å². The van der Waals surface area contributed by atoms with E-state index in [4.69, 9.17) is 57.1 Å². The monoisotopic (exact) mass is 1120 g/mol. The number of carbonyl (C=O) groups excluding carboxylic acids is 3. The number of benzene rings is 2. The number of aromatic nitrogens is 4. The lowest BCUT2D eigenvalue weighted by Crippen LogP contribution is -2.31. The number of esters is 1. The number of nitrogens with one attached hydrogen (secondary N) is 2. The van der Waals surface area contributed by atoms with Gasteiger partial charge in [-0.05, 0) is 138 Å². The summed E-state index contributed by atoms with van der Waals surface area (Å²) in [6, 6.07) is 16.5. The van der Waals surface area contributed by atoms with Crippen molar-refractivity contribution < 1.29 is 53.1 Å². The van der Waals surface area contributed by atoms with E-state index in [1.807, 2.05) is 50.3 Å². The van der Waals surface area contributed by atoms with E-state index in [-0.39, 0.29) is 30.5 Å². The molecule has 0 unspecified atom stereocenters. The van der Waals surface area contributed by atoms with Crippen molar-refractivity contribution in [3.63, 3.8) is 0 Å². The molecule has 4 N–H and O–H groups in total. The third kappa shape index (κ3) is 21.3. The summed E-state index contributed by atoms with van der Waals surface area (Å²) in [6.07, 6.45) is 23.7. The third-order valence-electron chi connectivity index (χ3n) is 10.5. The van der Waals surface area contributed by atoms with Crippen LogP contribution in [0.5, 0.6) is 33.4 Å². The van der Waals surface area contributed by atoms with Gasteiger partial charge in [-0.15, -0.1) is 0 Å². The van der Waals surface area contributed by atoms with E-state index in [1.54, 1.807) is 68.7 Å². The Morgan fingerprint density at radius 2 is 1.10 bits per heavy atom. The molecule has 2 aromatic carbocycles. The average Bonchev–Trinajstić information content (AvgIpc) is 4.34. The van der Waals surface area contributed by atoms with Crippen molar-refractivity contribution in [2.45, 2.75) is 65.5 Å². The quantitative estimate of drug-likeness (QED) is 0.0345. The van der Waals surface area contributed by atoms with Crippen LogP contribution in [0.15, 0.2) is 110 Å². The first kappa shape index (κ1) is 58.8. The van der Waals surface area contributed by atoms with Crippen LogP contribution in [-0.4, -0.2) is 92.4 Å². The van der Waals surface area contributed by atoms with E-state index < -0.39 is 11.9 Å². The van der Waals surface area contributed by atoms with Crippen LogP contribution in [0.1, 0.15) is 95.2 Å². The summed E-state index contributed by atoms with van der Waals surface area (Å²) in [4.78, 5) is 65.8. The van der Waals surface area contributed by atoms with Gasteiger partial charge in [0.2, 0.25) is 0 Å². The highest BCUT2D eigenvalue weighted by Gasteiger charge is 2.23. The molecule has 0 saturated heterocycles. The second kappa shape index (κ2) is 30.4. The van der Waals surface area contributed by atoms with Crippen LogP contribution in [-0.2, 0) is 14.3 Å². The van der Waals surface area contributed by atoms with Crippen LogP contribution in [0.3, 0.4) is 0 Å². The zero-order valence-electron chi connectivity index (χ0n) is 42.6. The van der Waals surface area contributed by atoms with Gasteiger partial charge in [0.25, 0.3) is 22.2 Å². The second-order valence-electron chi connectivity index (χ2n) is 17.2. The summed E-state index contributed by atoms with van der Waals surface area (Å²) in [5, 5.41) is 23.9. The molecule has 4 aromatic heterocycles. The zero-order valence-corrected chi connectivity index (χ0v) is 45.7. The average molecular weight is 1130 g/mol. The van der Waals surface area contributed by atoms with Gasteiger partial charge in [0.1, 0.15) is 23.0 Å². The van der Waals surface area contributed by atoms with E-state index in [1.165, 1.54) is 85.0 Å². The highest BCUT2D eigenvalue weighted by Crippen LogP contribution is 2.37. The van der Waals surface area contributed by atoms with Gasteiger partial charge >= 0.3 is 11.9 Å². The summed E-state index contributed by atoms with van der Waals surface area (Å²) in [6.45, 7) is 9.09. The number of pyridine rings is 2. The molecular formula is C56H58Cl2N6O11S2. The molecule has 404 valence electrons. The normalized spacial score (nSPS) is 13.8. The number of halogens is 2. The van der Waals surface area contributed by atoms with Crippen molar-refractivity contribution in [1.82, 2.24) is 30.6 Å². The van der Waals surface area contributed by atoms with Gasteiger partial charge in [-0.1, -0.05) is 58.0 Å². The smallest absolute Gasteiger partial charge is 0.330 e. The van der Waals surface area contributed by atoms with Gasteiger partial charge in [-0.2, -0.15) is 0 Å². The minimum Gasteiger partial charge on any atom is -0.493 e. The Bertz CT molecular complexity index is 3060. The van der Waals surface area contributed by atoms with Crippen LogP contribution in [0.4, 0.5) is 0 Å². The lowest BCUT2D eigenvalue weighted by Gasteiger charge is -2.10. The predicted molar refractivity (Wildman–Crippen MR) is 299 cm³/mol. The van der Waals surface area contributed by atoms with E-state index >= 15 is 0 Å². The standard InChI is InChI=1S/C28H28ClN3O5S.C26H24ClN3O5S.C2H6O/c1-3-35-26(33)11-7-21-14-20(12-13-30-21)27(34)32-18(2)4-9-23-16-31-28(38-23)37-25-10-8-22(15-24(25)29)36-17-19-5-6-19;1-16(30-25(33)18-10-11-28-19(12-18)5-9-24(31)32)2-7-21-14-29-26(36-21)35-23-8-6-20(13-22(23)27)34-15-17-3-4-17;1-2-3/h4,7-16,18-19H,3,5-6,17H2,1-2H3,(H,32,34);2,5-14,16-17H,3-4,15H2,1H3,(H,30,33)(H,31,32);3H,2H2,1H3/b9-4+,11-7+;7-2+,9-5+;/t18-;16-;/m00./s1. The Balaban J connectivity index is 0.000000238. The Labute approximate surface area is 464 Å². The van der Waals surface area contributed by atoms with Gasteiger partial charge in [-0.3, -0.25) is 19.6 Å². The number of aliphatic carboxylic acids is 1. The van der Waals surface area contributed by atoms with Gasteiger partial charge in [0.15, 0.2) is 0 Å². The van der Waals surface area contributed by atoms with E-state index in [2.05, 4.69) is 30.6 Å². The fraction of sp³-hybridized carbons (Fsp3) is 0.286. The molecule has 8 rings (SSSR count). The van der Waals surface area contributed by atoms with Crippen molar-refractivity contribution in [2.75, 3.05) is 26.4 Å². The van der Waals surface area contributed by atoms with Gasteiger partial charge in [-0.25, -0.2) is 19.6 Å². The van der Waals surface area contributed by atoms with Crippen molar-refractivity contribution in [3.05, 3.63) is 152 Å². The molecule has 2 aliphatic carbocycles. The minimum atomic E-state index is -1.09. The van der Waals surface area contributed by atoms with Crippen LogP contribution in [0, 0.1) is 11.8 Å². The maximum atomic E-state index is 12.7. The molecule has 21 heteroatoms. The third-order valence-corrected chi connectivity index (χ3v) is 12.8. The van der Waals surface area contributed by atoms with Crippen LogP contribution in [0.2, 0.25) is 10.0 Å². The highest BCUT2D eigenvalue weighted by molar-refractivity contribution is 7.14. The van der Waals surface area contributed by atoms with Crippen LogP contribution < -0.4 is 29.6 Å². The Morgan fingerprint density at radius 3 is 1.51 bits per heavy atom. The molecule has 2 saturated carbocycles. The molecule has 2 atom stereocenters. The maximum absolute atomic E-state index is 12.7. The number of thiazole rings is 2. The molecule has 4 heterocycles. The minimum absolute atomic E-state index is 0.250. The summed E-state index contributed by atoms with van der Waals surface area (Å²) in [5.74, 6) is 1.66. The van der Waals surface area contributed by atoms with Crippen molar-refractivity contribution in [2.24, 2.45) is 11.8 Å². The molecule has 2 fully saturated rings. The first-order chi connectivity index (χ1) is 37.2. The summed E-state index contributed by atoms with van der Waals surface area (Å²) >= 11 is 15.4. The van der Waals surface area contributed by atoms with Crippen molar-refractivity contribution in [3.8, 4) is 33.4 Å². The number of rotatable bonds is 23. The number of aliphatic hydroxyl groups is 1. The lowest BCUT2D eigenvalue weighted by molar-refractivity contribution is -0.137. The number of ether oxygens (including phenoxy) is 5. The van der Waals surface area contributed by atoms with Crippen molar-refractivity contribution in [1.29, 1.82) is 0 Å². The fourth-order valence-corrected chi connectivity index (χ4v) is 8.10. The number of carboxylic acid groups (broad SMARTS) is 1. The largest absolute Gasteiger partial charge is 0.493 e. The molecule has 2 aliphatic rings. The molecule has 0 aliphatic heterocycles. The predicted octanol–water partition coefficient (Wildman–Crippen LogP) is 11.9. The molecule has 0 bridgehead atoms. The van der Waals surface area contributed by atoms with Crippen LogP contribution >= 0.6 is 45.9 Å². The number of nitrogens with zero attached hydrogens (tertiary/aromatic N) is 4. The molecule has 0 spiro atoms. The number of carboxylic acids is 1. The first-order valence-corrected chi connectivity index (χ1v) is 26.9. The molecular weight excluding hydrogens is 1070 g/mol. The molecule has 2 amide bonds. The first-order valence-electron chi connectivity index (χ1n) is 24.6. The van der Waals surface area contributed by atoms with E-state index in [0.717, 1.165) is 33.9 Å². The summed E-state index contributed by atoms with van der Waals surface area (Å²) in [5.41, 5.74) is 1.67. The number of carbonyl (C=O) groups is 4. The summed E-state index contributed by atoms with van der Waals surface area (Å²) in [7, 11) is 0. The highest BCUT2D eigenvalue weighted by atomic mass is 35.5. The molecule has 77 heavy (non-hydrogen) atoms. The Morgan fingerprint density at radius 1 is 0.662 bits per heavy atom. The number of hydrogen-bond donors (Lipinski definition) is 4. The summed E-state index contributed by atoms with van der Waals surface area (Å²) < 4.78 is 28.0. The van der Waals surface area contributed by atoms with Crippen LogP contribution in [0.25, 0.3) is 24.3 Å².